The van der Waals surface area contributed by atoms with Crippen LogP contribution in [0.15, 0.2) is 29.8 Å². The molecule has 1 N–H and O–H groups in total. The Morgan fingerprint density at radius 2 is 2.16 bits per heavy atom. The van der Waals surface area contributed by atoms with Crippen molar-refractivity contribution in [2.45, 2.75) is 26.3 Å². The van der Waals surface area contributed by atoms with E-state index in [1.807, 2.05) is 19.2 Å². The van der Waals surface area contributed by atoms with Crippen molar-refractivity contribution in [2.75, 3.05) is 5.32 Å². The molecule has 1 heterocycles. The Labute approximate surface area is 115 Å². The van der Waals surface area contributed by atoms with E-state index in [-0.39, 0.29) is 16.1 Å². The first kappa shape index (κ1) is 13.5. The van der Waals surface area contributed by atoms with E-state index in [0.717, 1.165) is 10.7 Å². The molecule has 0 atom stereocenters. The number of hydrogen-bond acceptors (Lipinski definition) is 5. The lowest BCUT2D eigenvalue weighted by atomic mass is 10.1. The van der Waals surface area contributed by atoms with Gasteiger partial charge in [0.2, 0.25) is 0 Å². The fraction of sp³-hybridized carbons (Fsp3) is 0.308. The highest BCUT2D eigenvalue weighted by molar-refractivity contribution is 7.09. The fourth-order valence-electron chi connectivity index (χ4n) is 1.88. The molecule has 0 saturated carbocycles. The average Bonchev–Trinajstić information content (AvgIpc) is 2.81. The topological polar surface area (TPSA) is 68.1 Å². The van der Waals surface area contributed by atoms with Crippen LogP contribution < -0.4 is 5.32 Å². The van der Waals surface area contributed by atoms with Crippen molar-refractivity contribution in [3.8, 4) is 0 Å². The van der Waals surface area contributed by atoms with Crippen LogP contribution in [0.4, 0.5) is 11.4 Å². The molecule has 19 heavy (non-hydrogen) atoms. The number of anilines is 1. The first-order valence-electron chi connectivity index (χ1n) is 5.83. The maximum Gasteiger partial charge on any atom is 0.272 e. The van der Waals surface area contributed by atoms with Gasteiger partial charge in [0.1, 0.15) is 5.01 Å². The van der Waals surface area contributed by atoms with E-state index in [1.165, 1.54) is 6.07 Å². The second kappa shape index (κ2) is 4.97. The molecular weight excluding hydrogens is 262 g/mol. The molecule has 0 aliphatic carbocycles. The van der Waals surface area contributed by atoms with E-state index >= 15 is 0 Å². The van der Waals surface area contributed by atoms with Crippen molar-refractivity contribution >= 4 is 22.7 Å². The van der Waals surface area contributed by atoms with Gasteiger partial charge >= 0.3 is 0 Å². The van der Waals surface area contributed by atoms with Crippen LogP contribution in [0.5, 0.6) is 0 Å². The number of rotatable bonds is 4. The summed E-state index contributed by atoms with van der Waals surface area (Å²) in [5, 5.41) is 17.0. The molecule has 2 aromatic rings. The Morgan fingerprint density at radius 1 is 1.42 bits per heavy atom. The van der Waals surface area contributed by atoms with E-state index in [1.54, 1.807) is 36.6 Å². The van der Waals surface area contributed by atoms with Gasteiger partial charge in [-0.1, -0.05) is 0 Å². The first-order valence-corrected chi connectivity index (χ1v) is 6.71. The monoisotopic (exact) mass is 277 g/mol. The van der Waals surface area contributed by atoms with Crippen LogP contribution in [0.1, 0.15) is 24.4 Å². The first-order chi connectivity index (χ1) is 8.90. The molecule has 0 radical (unpaired) electrons. The summed E-state index contributed by atoms with van der Waals surface area (Å²) in [6, 6.07) is 5.03. The summed E-state index contributed by atoms with van der Waals surface area (Å²) in [6.45, 7) is 5.80. The lowest BCUT2D eigenvalue weighted by molar-refractivity contribution is -0.385. The minimum Gasteiger partial charge on any atom is -0.374 e. The number of nitrogens with zero attached hydrogens (tertiary/aromatic N) is 2. The summed E-state index contributed by atoms with van der Waals surface area (Å²) < 4.78 is 0. The van der Waals surface area contributed by atoms with Gasteiger partial charge in [0.15, 0.2) is 0 Å². The summed E-state index contributed by atoms with van der Waals surface area (Å²) in [5.74, 6) is 0. The number of aryl methyl sites for hydroxylation is 1. The highest BCUT2D eigenvalue weighted by atomic mass is 32.1. The summed E-state index contributed by atoms with van der Waals surface area (Å²) in [4.78, 5) is 14.7. The van der Waals surface area contributed by atoms with Gasteiger partial charge in [-0.05, 0) is 32.9 Å². The number of nitrogens with one attached hydrogen (secondary N) is 1. The molecule has 0 unspecified atom stereocenters. The van der Waals surface area contributed by atoms with Gasteiger partial charge in [0.25, 0.3) is 5.69 Å². The highest BCUT2D eigenvalue weighted by Gasteiger charge is 2.23. The Balaban J connectivity index is 2.25. The number of hydrogen-bond donors (Lipinski definition) is 1. The van der Waals surface area contributed by atoms with Crippen LogP contribution in [-0.2, 0) is 5.54 Å². The molecule has 0 bridgehead atoms. The van der Waals surface area contributed by atoms with Crippen LogP contribution in [0.25, 0.3) is 0 Å². The number of benzene rings is 1. The lowest BCUT2D eigenvalue weighted by Gasteiger charge is -2.25. The minimum atomic E-state index is -0.370. The van der Waals surface area contributed by atoms with Gasteiger partial charge in [0.05, 0.1) is 10.5 Å². The molecule has 0 amide bonds. The van der Waals surface area contributed by atoms with E-state index in [9.17, 15) is 10.1 Å². The average molecular weight is 277 g/mol. The third-order valence-corrected chi connectivity index (χ3v) is 3.91. The van der Waals surface area contributed by atoms with E-state index in [2.05, 4.69) is 10.3 Å². The zero-order valence-electron chi connectivity index (χ0n) is 11.0. The molecule has 5 nitrogen and oxygen atoms in total. The van der Waals surface area contributed by atoms with Gasteiger partial charge in [-0.25, -0.2) is 4.98 Å². The normalized spacial score (nSPS) is 11.3. The highest BCUT2D eigenvalue weighted by Crippen LogP contribution is 2.29. The van der Waals surface area contributed by atoms with Crippen molar-refractivity contribution in [3.05, 3.63) is 50.5 Å². The minimum absolute atomic E-state index is 0.137. The van der Waals surface area contributed by atoms with Crippen molar-refractivity contribution in [2.24, 2.45) is 0 Å². The molecule has 0 fully saturated rings. The molecule has 1 aromatic heterocycles. The smallest absolute Gasteiger partial charge is 0.272 e. The zero-order valence-corrected chi connectivity index (χ0v) is 11.8. The number of thiazole rings is 1. The predicted octanol–water partition coefficient (Wildman–Crippen LogP) is 3.71. The van der Waals surface area contributed by atoms with E-state index in [0.29, 0.717) is 5.56 Å². The summed E-state index contributed by atoms with van der Waals surface area (Å²) >= 11 is 1.58. The molecule has 6 heteroatoms. The third-order valence-electron chi connectivity index (χ3n) is 2.82. The summed E-state index contributed by atoms with van der Waals surface area (Å²) in [6.07, 6.45) is 1.77. The Hall–Kier alpha value is -1.95. The molecule has 0 spiro atoms. The summed E-state index contributed by atoms with van der Waals surface area (Å²) in [5.41, 5.74) is 1.32. The standard InChI is InChI=1S/C13H15N3O2S/c1-9-8-10(4-5-11(9)16(17)18)15-13(2,3)12-14-6-7-19-12/h4-8,15H,1-3H3. The maximum absolute atomic E-state index is 10.8. The van der Waals surface area contributed by atoms with Crippen LogP contribution in [0, 0.1) is 17.0 Å². The molecule has 0 aliphatic rings. The number of aromatic nitrogens is 1. The van der Waals surface area contributed by atoms with Gasteiger partial charge in [-0.2, -0.15) is 0 Å². The quantitative estimate of drug-likeness (QED) is 0.683. The second-order valence-corrected chi connectivity index (χ2v) is 5.74. The van der Waals surface area contributed by atoms with Crippen LogP contribution in [0.2, 0.25) is 0 Å². The predicted molar refractivity (Wildman–Crippen MR) is 76.6 cm³/mol. The second-order valence-electron chi connectivity index (χ2n) is 4.85. The Kier molecular flexibility index (Phi) is 3.53. The van der Waals surface area contributed by atoms with E-state index < -0.39 is 0 Å². The molecular formula is C13H15N3O2S. The molecule has 0 aliphatic heterocycles. The Morgan fingerprint density at radius 3 is 2.68 bits per heavy atom. The molecule has 2 rings (SSSR count). The lowest BCUT2D eigenvalue weighted by Crippen LogP contribution is -2.27. The summed E-state index contributed by atoms with van der Waals surface area (Å²) in [7, 11) is 0. The van der Waals surface area contributed by atoms with Crippen LogP contribution in [0.3, 0.4) is 0 Å². The number of nitro benzene ring substituents is 1. The van der Waals surface area contributed by atoms with E-state index in [4.69, 9.17) is 0 Å². The fourth-order valence-corrected chi connectivity index (χ4v) is 2.60. The van der Waals surface area contributed by atoms with Gasteiger partial charge in [-0.3, -0.25) is 10.1 Å². The van der Waals surface area contributed by atoms with Crippen LogP contribution >= 0.6 is 11.3 Å². The Bertz CT molecular complexity index is 594. The van der Waals surface area contributed by atoms with Gasteiger partial charge < -0.3 is 5.32 Å². The van der Waals surface area contributed by atoms with Crippen molar-refractivity contribution < 1.29 is 4.92 Å². The zero-order chi connectivity index (χ0) is 14.0. The van der Waals surface area contributed by atoms with Gasteiger partial charge in [0, 0.05) is 28.9 Å². The third kappa shape index (κ3) is 2.90. The van der Waals surface area contributed by atoms with Crippen molar-refractivity contribution in [1.82, 2.24) is 4.98 Å². The number of nitro groups is 1. The maximum atomic E-state index is 10.8. The molecule has 0 saturated heterocycles. The largest absolute Gasteiger partial charge is 0.374 e. The SMILES string of the molecule is Cc1cc(NC(C)(C)c2nccs2)ccc1[N+](=O)[O-]. The van der Waals surface area contributed by atoms with Crippen LogP contribution in [-0.4, -0.2) is 9.91 Å². The van der Waals surface area contributed by atoms with Crippen molar-refractivity contribution in [1.29, 1.82) is 0 Å². The van der Waals surface area contributed by atoms with Gasteiger partial charge in [-0.15, -0.1) is 11.3 Å². The molecule has 100 valence electrons. The van der Waals surface area contributed by atoms with Crippen molar-refractivity contribution in [3.63, 3.8) is 0 Å². The molecule has 1 aromatic carbocycles.